The summed E-state index contributed by atoms with van der Waals surface area (Å²) < 4.78 is 6.96. The van der Waals surface area contributed by atoms with Crippen LogP contribution in [0.5, 0.6) is 0 Å². The Balaban J connectivity index is 1.09. The third-order valence-corrected chi connectivity index (χ3v) is 11.4. The fourth-order valence-corrected chi connectivity index (χ4v) is 8.50. The molecule has 0 amide bonds. The van der Waals surface area contributed by atoms with E-state index >= 15 is 0 Å². The van der Waals surface area contributed by atoms with Crippen LogP contribution in [0.1, 0.15) is 24.2 Å². The van der Waals surface area contributed by atoms with Crippen LogP contribution in [0.15, 0.2) is 211 Å². The first-order chi connectivity index (χ1) is 29.7. The molecule has 0 fully saturated rings. The summed E-state index contributed by atoms with van der Waals surface area (Å²) in [5.74, 6) is 1.91. The van der Waals surface area contributed by atoms with Gasteiger partial charge in [-0.15, -0.1) is 0 Å². The molecule has 2 aromatic heterocycles. The van der Waals surface area contributed by atoms with Crippen molar-refractivity contribution in [3.63, 3.8) is 0 Å². The number of para-hydroxylation sites is 1. The molecule has 0 unspecified atom stereocenters. The maximum Gasteiger partial charge on any atom is 0.164 e. The highest BCUT2D eigenvalue weighted by molar-refractivity contribution is 5.98. The zero-order valence-corrected chi connectivity index (χ0v) is 32.7. The van der Waals surface area contributed by atoms with E-state index in [9.17, 15) is 0 Å². The zero-order valence-electron chi connectivity index (χ0n) is 32.7. The first kappa shape index (κ1) is 35.3. The van der Waals surface area contributed by atoms with Gasteiger partial charge in [-0.2, -0.15) is 0 Å². The summed E-state index contributed by atoms with van der Waals surface area (Å²) in [6.45, 7) is 0. The minimum absolute atomic E-state index is 0.637. The lowest BCUT2D eigenvalue weighted by Gasteiger charge is -2.26. The number of hydrogen-bond acceptors (Lipinski definition) is 5. The van der Waals surface area contributed by atoms with Gasteiger partial charge in [-0.1, -0.05) is 158 Å². The number of hydrogen-bond donors (Lipinski definition) is 0. The number of benzene rings is 8. The van der Waals surface area contributed by atoms with Gasteiger partial charge in [0.25, 0.3) is 0 Å². The SMILES string of the molecule is c1ccc(-c2ccc(N(c3ccccc3)c3ccc(C4=c5c(oc6cc7ccccc7cc56)=C(c5nc(-c6ccccc6)nc(-c6ccccc6)n5)CC4)cc3)cc2)cc1. The van der Waals surface area contributed by atoms with Crippen LogP contribution in [-0.4, -0.2) is 15.0 Å². The van der Waals surface area contributed by atoms with Crippen LogP contribution in [-0.2, 0) is 0 Å². The Kier molecular flexibility index (Phi) is 8.90. The highest BCUT2D eigenvalue weighted by atomic mass is 16.3. The molecule has 0 atom stereocenters. The van der Waals surface area contributed by atoms with Gasteiger partial charge in [0.1, 0.15) is 11.0 Å². The Morgan fingerprint density at radius 3 is 1.38 bits per heavy atom. The van der Waals surface area contributed by atoms with E-state index < -0.39 is 0 Å². The van der Waals surface area contributed by atoms with E-state index in [1.165, 1.54) is 22.1 Å². The molecule has 8 aromatic carbocycles. The van der Waals surface area contributed by atoms with Crippen molar-refractivity contribution in [3.05, 3.63) is 228 Å². The van der Waals surface area contributed by atoms with E-state index in [0.29, 0.717) is 23.9 Å². The highest BCUT2D eigenvalue weighted by Gasteiger charge is 2.24. The molecule has 5 heteroatoms. The lowest BCUT2D eigenvalue weighted by atomic mass is 9.90. The smallest absolute Gasteiger partial charge is 0.164 e. The van der Waals surface area contributed by atoms with E-state index in [1.807, 2.05) is 60.7 Å². The highest BCUT2D eigenvalue weighted by Crippen LogP contribution is 2.37. The molecule has 0 spiro atoms. The number of nitrogens with zero attached hydrogens (tertiary/aromatic N) is 4. The lowest BCUT2D eigenvalue weighted by molar-refractivity contribution is 0.567. The van der Waals surface area contributed by atoms with Crippen LogP contribution in [0.3, 0.4) is 0 Å². The van der Waals surface area contributed by atoms with Crippen molar-refractivity contribution in [1.82, 2.24) is 15.0 Å². The first-order valence-electron chi connectivity index (χ1n) is 20.4. The van der Waals surface area contributed by atoms with Gasteiger partial charge < -0.3 is 9.32 Å². The summed E-state index contributed by atoms with van der Waals surface area (Å²) in [4.78, 5) is 17.6. The molecule has 5 nitrogen and oxygen atoms in total. The average molecular weight is 771 g/mol. The molecule has 0 radical (unpaired) electrons. The second-order valence-corrected chi connectivity index (χ2v) is 15.1. The van der Waals surface area contributed by atoms with E-state index in [0.717, 1.165) is 72.7 Å². The molecule has 0 aliphatic heterocycles. The van der Waals surface area contributed by atoms with E-state index in [4.69, 9.17) is 19.4 Å². The van der Waals surface area contributed by atoms with Crippen molar-refractivity contribution < 1.29 is 4.42 Å². The van der Waals surface area contributed by atoms with Crippen molar-refractivity contribution >= 4 is 50.0 Å². The third-order valence-electron chi connectivity index (χ3n) is 11.4. The van der Waals surface area contributed by atoms with Crippen molar-refractivity contribution in [1.29, 1.82) is 0 Å². The number of aromatic nitrogens is 3. The molecular weight excluding hydrogens is 733 g/mol. The molecule has 0 saturated heterocycles. The molecule has 1 aliphatic rings. The monoisotopic (exact) mass is 770 g/mol. The standard InChI is InChI=1S/C55H38N4O/c1-5-15-37(16-6-1)38-25-29-45(30-26-38)59(44-23-11-4-12-24-44)46-31-27-39(28-32-46)47-33-34-48(52-51(47)49-35-42-21-13-14-22-43(42)36-50(49)60-52)55-57-53(40-17-7-2-8-18-40)56-54(58-55)41-19-9-3-10-20-41/h1-32,35-36H,33-34H2. The van der Waals surface area contributed by atoms with Gasteiger partial charge in [0, 0.05) is 44.4 Å². The zero-order chi connectivity index (χ0) is 39.8. The Morgan fingerprint density at radius 1 is 0.367 bits per heavy atom. The van der Waals surface area contributed by atoms with Crippen LogP contribution >= 0.6 is 0 Å². The fraction of sp³-hybridized carbons (Fsp3) is 0.0364. The molecule has 60 heavy (non-hydrogen) atoms. The van der Waals surface area contributed by atoms with E-state index in [2.05, 4.69) is 150 Å². The number of rotatable bonds is 8. The van der Waals surface area contributed by atoms with Gasteiger partial charge in [0.05, 0.1) is 0 Å². The van der Waals surface area contributed by atoms with Gasteiger partial charge in [0.15, 0.2) is 17.5 Å². The van der Waals surface area contributed by atoms with E-state index in [1.54, 1.807) is 0 Å². The van der Waals surface area contributed by atoms with Gasteiger partial charge in [-0.25, -0.2) is 15.0 Å². The average Bonchev–Trinajstić information content (AvgIpc) is 3.70. The Hall–Kier alpha value is -7.89. The first-order valence-corrected chi connectivity index (χ1v) is 20.4. The second kappa shape index (κ2) is 15.1. The summed E-state index contributed by atoms with van der Waals surface area (Å²) in [5, 5.41) is 4.50. The Labute approximate surface area is 347 Å². The predicted octanol–water partition coefficient (Wildman–Crippen LogP) is 12.4. The predicted molar refractivity (Wildman–Crippen MR) is 244 cm³/mol. The number of furan rings is 1. The maximum absolute atomic E-state index is 6.96. The molecule has 10 aromatic rings. The largest absolute Gasteiger partial charge is 0.456 e. The van der Waals surface area contributed by atoms with Crippen molar-refractivity contribution in [2.24, 2.45) is 0 Å². The summed E-state index contributed by atoms with van der Waals surface area (Å²) in [6, 6.07) is 72.1. The topological polar surface area (TPSA) is 55.1 Å². The molecular formula is C55H38N4O. The number of fused-ring (bicyclic) bond motifs is 4. The molecule has 11 rings (SSSR count). The van der Waals surface area contributed by atoms with Crippen LogP contribution < -0.4 is 15.5 Å². The third kappa shape index (κ3) is 6.52. The molecule has 2 heterocycles. The summed E-state index contributed by atoms with van der Waals surface area (Å²) in [5.41, 5.74) is 12.6. The quantitative estimate of drug-likeness (QED) is 0.154. The van der Waals surface area contributed by atoms with Gasteiger partial charge in [0.2, 0.25) is 0 Å². The maximum atomic E-state index is 6.96. The second-order valence-electron chi connectivity index (χ2n) is 15.1. The molecule has 0 saturated carbocycles. The van der Waals surface area contributed by atoms with E-state index in [-0.39, 0.29) is 0 Å². The van der Waals surface area contributed by atoms with Crippen molar-refractivity contribution in [3.8, 4) is 33.9 Å². The summed E-state index contributed by atoms with van der Waals surface area (Å²) in [6.07, 6.45) is 1.50. The van der Waals surface area contributed by atoms with Crippen molar-refractivity contribution in [2.45, 2.75) is 12.8 Å². The van der Waals surface area contributed by atoms with Crippen LogP contribution in [0.2, 0.25) is 0 Å². The minimum Gasteiger partial charge on any atom is -0.456 e. The van der Waals surface area contributed by atoms with Crippen LogP contribution in [0.4, 0.5) is 17.1 Å². The molecule has 0 bridgehead atoms. The molecule has 0 N–H and O–H groups in total. The molecule has 284 valence electrons. The summed E-state index contributed by atoms with van der Waals surface area (Å²) >= 11 is 0. The minimum atomic E-state index is 0.637. The molecule has 1 aliphatic carbocycles. The van der Waals surface area contributed by atoms with Gasteiger partial charge >= 0.3 is 0 Å². The van der Waals surface area contributed by atoms with Crippen LogP contribution in [0.25, 0.3) is 66.8 Å². The van der Waals surface area contributed by atoms with Gasteiger partial charge in [-0.3, -0.25) is 0 Å². The lowest BCUT2D eigenvalue weighted by Crippen LogP contribution is -2.31. The summed E-state index contributed by atoms with van der Waals surface area (Å²) in [7, 11) is 0. The van der Waals surface area contributed by atoms with Crippen molar-refractivity contribution in [2.75, 3.05) is 4.90 Å². The van der Waals surface area contributed by atoms with Gasteiger partial charge in [-0.05, 0) is 94.4 Å². The van der Waals surface area contributed by atoms with Crippen LogP contribution in [0, 0.1) is 0 Å². The Morgan fingerprint density at radius 2 is 0.800 bits per heavy atom. The normalized spacial score (nSPS) is 12.5. The number of anilines is 3. The fourth-order valence-electron chi connectivity index (χ4n) is 8.50. The Bertz CT molecular complexity index is 3220.